The van der Waals surface area contributed by atoms with Crippen LogP contribution in [0.4, 0.5) is 4.39 Å². The van der Waals surface area contributed by atoms with Crippen LogP contribution < -0.4 is 4.72 Å². The third kappa shape index (κ3) is 4.28. The van der Waals surface area contributed by atoms with Gasteiger partial charge in [0, 0.05) is 36.3 Å². The predicted octanol–water partition coefficient (Wildman–Crippen LogP) is 3.17. The van der Waals surface area contributed by atoms with Crippen molar-refractivity contribution >= 4 is 21.4 Å². The van der Waals surface area contributed by atoms with Crippen LogP contribution in [-0.4, -0.2) is 24.9 Å². The first-order valence-electron chi connectivity index (χ1n) is 7.56. The second kappa shape index (κ2) is 7.38. The molecule has 0 saturated heterocycles. The van der Waals surface area contributed by atoms with Crippen LogP contribution in [0.3, 0.4) is 0 Å². The molecule has 0 radical (unpaired) electrons. The van der Waals surface area contributed by atoms with Gasteiger partial charge in [-0.05, 0) is 42.8 Å². The van der Waals surface area contributed by atoms with Crippen LogP contribution in [0, 0.1) is 12.7 Å². The Hall–Kier alpha value is -2.16. The summed E-state index contributed by atoms with van der Waals surface area (Å²) in [6, 6.07) is 7.50. The Kier molecular flexibility index (Phi) is 5.22. The van der Waals surface area contributed by atoms with Crippen LogP contribution in [0.25, 0.3) is 10.6 Å². The fourth-order valence-corrected chi connectivity index (χ4v) is 4.19. The minimum atomic E-state index is -3.67. The average molecular weight is 377 g/mol. The summed E-state index contributed by atoms with van der Waals surface area (Å²) < 4.78 is 40.3. The fraction of sp³-hybridized carbons (Fsp3) is 0.176. The highest BCUT2D eigenvalue weighted by Crippen LogP contribution is 2.22. The molecule has 1 N–H and O–H groups in total. The molecule has 5 nitrogen and oxygen atoms in total. The van der Waals surface area contributed by atoms with E-state index in [1.54, 1.807) is 12.4 Å². The molecule has 0 aliphatic carbocycles. The van der Waals surface area contributed by atoms with E-state index in [2.05, 4.69) is 14.7 Å². The van der Waals surface area contributed by atoms with Gasteiger partial charge in [-0.25, -0.2) is 22.5 Å². The van der Waals surface area contributed by atoms with Crippen molar-refractivity contribution in [2.45, 2.75) is 18.2 Å². The second-order valence-electron chi connectivity index (χ2n) is 5.44. The number of nitrogens with zero attached hydrogens (tertiary/aromatic N) is 2. The van der Waals surface area contributed by atoms with Crippen molar-refractivity contribution in [3.63, 3.8) is 0 Å². The number of thiazole rings is 1. The molecule has 0 atom stereocenters. The van der Waals surface area contributed by atoms with Crippen molar-refractivity contribution < 1.29 is 12.8 Å². The van der Waals surface area contributed by atoms with Crippen LogP contribution in [0.15, 0.2) is 53.0 Å². The number of aromatic nitrogens is 2. The fourth-order valence-electron chi connectivity index (χ4n) is 2.22. The molecular formula is C17H16FN3O2S2. The standard InChI is InChI=1S/C17H16FN3O2S2/c1-12-9-15(4-5-16(12)18)25(22,23)20-8-6-14-11-24-17(21-14)13-3-2-7-19-10-13/h2-5,7,9-11,20H,6,8H2,1H3. The van der Waals surface area contributed by atoms with E-state index in [4.69, 9.17) is 0 Å². The Labute approximate surface area is 149 Å². The summed E-state index contributed by atoms with van der Waals surface area (Å²) in [6.45, 7) is 1.75. The third-order valence-corrected chi connectivity index (χ3v) is 5.97. The van der Waals surface area contributed by atoms with Crippen molar-refractivity contribution in [2.24, 2.45) is 0 Å². The van der Waals surface area contributed by atoms with Gasteiger partial charge < -0.3 is 0 Å². The summed E-state index contributed by atoms with van der Waals surface area (Å²) in [5.74, 6) is -0.427. The van der Waals surface area contributed by atoms with Crippen molar-refractivity contribution in [1.82, 2.24) is 14.7 Å². The maximum atomic E-state index is 13.3. The lowest BCUT2D eigenvalue weighted by atomic mass is 10.2. The molecule has 0 aliphatic heterocycles. The lowest BCUT2D eigenvalue weighted by Gasteiger charge is -2.07. The molecule has 8 heteroatoms. The van der Waals surface area contributed by atoms with Crippen LogP contribution >= 0.6 is 11.3 Å². The Balaban J connectivity index is 1.63. The van der Waals surface area contributed by atoms with Gasteiger partial charge in [-0.1, -0.05) is 0 Å². The molecule has 0 saturated carbocycles. The maximum Gasteiger partial charge on any atom is 0.240 e. The minimum absolute atomic E-state index is 0.0562. The topological polar surface area (TPSA) is 72.0 Å². The lowest BCUT2D eigenvalue weighted by molar-refractivity contribution is 0.580. The van der Waals surface area contributed by atoms with E-state index in [1.807, 2.05) is 17.5 Å². The molecule has 0 spiro atoms. The Morgan fingerprint density at radius 3 is 2.84 bits per heavy atom. The van der Waals surface area contributed by atoms with Crippen molar-refractivity contribution in [3.05, 3.63) is 65.2 Å². The van der Waals surface area contributed by atoms with Crippen LogP contribution in [-0.2, 0) is 16.4 Å². The summed E-state index contributed by atoms with van der Waals surface area (Å²) in [6.07, 6.45) is 3.91. The second-order valence-corrected chi connectivity index (χ2v) is 8.07. The first-order valence-corrected chi connectivity index (χ1v) is 9.92. The van der Waals surface area contributed by atoms with Crippen LogP contribution in [0.1, 0.15) is 11.3 Å². The van der Waals surface area contributed by atoms with Gasteiger partial charge >= 0.3 is 0 Å². The molecule has 1 aromatic carbocycles. The molecule has 0 aliphatic rings. The quantitative estimate of drug-likeness (QED) is 0.716. The molecule has 130 valence electrons. The molecule has 3 aromatic rings. The molecule has 25 heavy (non-hydrogen) atoms. The monoisotopic (exact) mass is 377 g/mol. The number of sulfonamides is 1. The van der Waals surface area contributed by atoms with Gasteiger partial charge in [0.15, 0.2) is 0 Å². The SMILES string of the molecule is Cc1cc(S(=O)(=O)NCCc2csc(-c3cccnc3)n2)ccc1F. The van der Waals surface area contributed by atoms with E-state index in [9.17, 15) is 12.8 Å². The summed E-state index contributed by atoms with van der Waals surface area (Å²) >= 11 is 1.49. The molecular weight excluding hydrogens is 361 g/mol. The van der Waals surface area contributed by atoms with Gasteiger partial charge in [0.25, 0.3) is 0 Å². The smallest absolute Gasteiger partial charge is 0.240 e. The molecule has 0 bridgehead atoms. The average Bonchev–Trinajstić information content (AvgIpc) is 3.07. The number of rotatable bonds is 6. The van der Waals surface area contributed by atoms with Crippen molar-refractivity contribution in [1.29, 1.82) is 0 Å². The molecule has 0 amide bonds. The van der Waals surface area contributed by atoms with E-state index in [0.29, 0.717) is 12.0 Å². The normalized spacial score (nSPS) is 11.6. The zero-order valence-electron chi connectivity index (χ0n) is 13.4. The van der Waals surface area contributed by atoms with Crippen LogP contribution in [0.2, 0.25) is 0 Å². The van der Waals surface area contributed by atoms with Gasteiger partial charge in [0.2, 0.25) is 10.0 Å². The highest BCUT2D eigenvalue weighted by atomic mass is 32.2. The number of pyridine rings is 1. The Morgan fingerprint density at radius 2 is 2.12 bits per heavy atom. The van der Waals surface area contributed by atoms with E-state index >= 15 is 0 Å². The molecule has 2 aromatic heterocycles. The first-order chi connectivity index (χ1) is 12.0. The predicted molar refractivity (Wildman–Crippen MR) is 95.4 cm³/mol. The van der Waals surface area contributed by atoms with E-state index in [1.165, 1.54) is 30.4 Å². The lowest BCUT2D eigenvalue weighted by Crippen LogP contribution is -2.26. The van der Waals surface area contributed by atoms with E-state index < -0.39 is 15.8 Å². The summed E-state index contributed by atoms with van der Waals surface area (Å²) in [5, 5.41) is 2.75. The van der Waals surface area contributed by atoms with Gasteiger partial charge in [-0.2, -0.15) is 0 Å². The first kappa shape index (κ1) is 17.7. The molecule has 2 heterocycles. The van der Waals surface area contributed by atoms with Gasteiger partial charge in [-0.3, -0.25) is 4.98 Å². The molecule has 0 unspecified atom stereocenters. The highest BCUT2D eigenvalue weighted by molar-refractivity contribution is 7.89. The molecule has 0 fully saturated rings. The van der Waals surface area contributed by atoms with Crippen LogP contribution in [0.5, 0.6) is 0 Å². The van der Waals surface area contributed by atoms with Gasteiger partial charge in [0.1, 0.15) is 10.8 Å². The number of benzene rings is 1. The van der Waals surface area contributed by atoms with E-state index in [-0.39, 0.29) is 11.4 Å². The van der Waals surface area contributed by atoms with E-state index in [0.717, 1.165) is 22.3 Å². The highest BCUT2D eigenvalue weighted by Gasteiger charge is 2.15. The maximum absolute atomic E-state index is 13.3. The number of hydrogen-bond donors (Lipinski definition) is 1. The Bertz CT molecular complexity index is 973. The van der Waals surface area contributed by atoms with Crippen molar-refractivity contribution in [3.8, 4) is 10.6 Å². The van der Waals surface area contributed by atoms with Gasteiger partial charge in [0.05, 0.1) is 10.6 Å². The number of aryl methyl sites for hydroxylation is 1. The zero-order chi connectivity index (χ0) is 17.9. The third-order valence-electron chi connectivity index (χ3n) is 3.57. The summed E-state index contributed by atoms with van der Waals surface area (Å²) in [5.41, 5.74) is 2.03. The number of halogens is 1. The molecule has 3 rings (SSSR count). The summed E-state index contributed by atoms with van der Waals surface area (Å²) in [4.78, 5) is 8.61. The largest absolute Gasteiger partial charge is 0.264 e. The summed E-state index contributed by atoms with van der Waals surface area (Å²) in [7, 11) is -3.67. The van der Waals surface area contributed by atoms with Gasteiger partial charge in [-0.15, -0.1) is 11.3 Å². The number of hydrogen-bond acceptors (Lipinski definition) is 5. The number of nitrogens with one attached hydrogen (secondary N) is 1. The minimum Gasteiger partial charge on any atom is -0.264 e. The zero-order valence-corrected chi connectivity index (χ0v) is 15.1. The van der Waals surface area contributed by atoms with Crippen molar-refractivity contribution in [2.75, 3.05) is 6.54 Å². The Morgan fingerprint density at radius 1 is 1.28 bits per heavy atom.